The van der Waals surface area contributed by atoms with Gasteiger partial charge in [-0.1, -0.05) is 0 Å². The van der Waals surface area contributed by atoms with E-state index in [0.717, 1.165) is 18.4 Å². The van der Waals surface area contributed by atoms with Gasteiger partial charge in [0.15, 0.2) is 5.82 Å². The third kappa shape index (κ3) is 3.64. The Morgan fingerprint density at radius 1 is 1.45 bits per heavy atom. The van der Waals surface area contributed by atoms with Gasteiger partial charge in [0.1, 0.15) is 18.7 Å². The first-order valence-electron chi connectivity index (χ1n) is 6.05. The minimum absolute atomic E-state index is 0.305. The van der Waals surface area contributed by atoms with Crippen molar-refractivity contribution in [3.63, 3.8) is 0 Å². The number of nitrogens with zero attached hydrogens (tertiary/aromatic N) is 4. The number of pyridine rings is 1. The van der Waals surface area contributed by atoms with Gasteiger partial charge in [-0.3, -0.25) is 4.98 Å². The largest absolute Gasteiger partial charge is 0.484 e. The standard InChI is InChI=1S/C13H14N4O3/c1-2-17-12(15-9-16-17)8-20-11-5-3-10(14-7-11)4-6-13(18)19/h3-7,9H,2,8H2,1H3,(H,18,19). The molecule has 0 aliphatic heterocycles. The fraction of sp³-hybridized carbons (Fsp3) is 0.231. The van der Waals surface area contributed by atoms with Crippen LogP contribution in [-0.2, 0) is 17.9 Å². The Hall–Kier alpha value is -2.70. The molecular weight excluding hydrogens is 260 g/mol. The van der Waals surface area contributed by atoms with Crippen LogP contribution in [0.2, 0.25) is 0 Å². The normalized spacial score (nSPS) is 10.8. The molecule has 2 heterocycles. The van der Waals surface area contributed by atoms with E-state index in [-0.39, 0.29) is 0 Å². The van der Waals surface area contributed by atoms with Crippen molar-refractivity contribution in [2.75, 3.05) is 0 Å². The van der Waals surface area contributed by atoms with Crippen molar-refractivity contribution in [3.8, 4) is 5.75 Å². The van der Waals surface area contributed by atoms with Crippen molar-refractivity contribution in [1.82, 2.24) is 19.7 Å². The lowest BCUT2D eigenvalue weighted by Crippen LogP contribution is -2.07. The fourth-order valence-corrected chi connectivity index (χ4v) is 1.54. The van der Waals surface area contributed by atoms with Gasteiger partial charge in [0.25, 0.3) is 0 Å². The number of aliphatic carboxylic acids is 1. The maximum absolute atomic E-state index is 10.4. The monoisotopic (exact) mass is 274 g/mol. The summed E-state index contributed by atoms with van der Waals surface area (Å²) in [5.41, 5.74) is 0.552. The molecule has 7 nitrogen and oxygen atoms in total. The molecule has 0 bridgehead atoms. The highest BCUT2D eigenvalue weighted by Gasteiger charge is 2.03. The lowest BCUT2D eigenvalue weighted by molar-refractivity contribution is -0.131. The van der Waals surface area contributed by atoms with Gasteiger partial charge >= 0.3 is 5.97 Å². The van der Waals surface area contributed by atoms with Gasteiger partial charge in [-0.2, -0.15) is 5.10 Å². The lowest BCUT2D eigenvalue weighted by Gasteiger charge is -2.06. The molecule has 0 unspecified atom stereocenters. The average Bonchev–Trinajstić information content (AvgIpc) is 2.91. The first kappa shape index (κ1) is 13.7. The predicted molar refractivity (Wildman–Crippen MR) is 70.9 cm³/mol. The molecule has 2 rings (SSSR count). The molecule has 0 amide bonds. The Labute approximate surface area is 115 Å². The highest BCUT2D eigenvalue weighted by atomic mass is 16.5. The van der Waals surface area contributed by atoms with E-state index in [1.54, 1.807) is 16.8 Å². The zero-order valence-corrected chi connectivity index (χ0v) is 10.9. The molecule has 0 aromatic carbocycles. The Morgan fingerprint density at radius 2 is 2.30 bits per heavy atom. The summed E-state index contributed by atoms with van der Waals surface area (Å²) in [6.07, 6.45) is 5.47. The molecule has 0 fully saturated rings. The summed E-state index contributed by atoms with van der Waals surface area (Å²) in [7, 11) is 0. The van der Waals surface area contributed by atoms with E-state index >= 15 is 0 Å². The van der Waals surface area contributed by atoms with Crippen LogP contribution >= 0.6 is 0 Å². The molecule has 0 aliphatic carbocycles. The molecule has 2 aromatic rings. The third-order valence-electron chi connectivity index (χ3n) is 2.52. The predicted octanol–water partition coefficient (Wildman–Crippen LogP) is 1.37. The van der Waals surface area contributed by atoms with Crippen LogP contribution in [0.5, 0.6) is 5.75 Å². The Kier molecular flexibility index (Phi) is 4.43. The van der Waals surface area contributed by atoms with Crippen LogP contribution in [0.4, 0.5) is 0 Å². The van der Waals surface area contributed by atoms with Crippen molar-refractivity contribution < 1.29 is 14.6 Å². The number of hydrogen-bond acceptors (Lipinski definition) is 5. The van der Waals surface area contributed by atoms with E-state index in [1.165, 1.54) is 18.6 Å². The number of ether oxygens (including phenoxy) is 1. The Morgan fingerprint density at radius 3 is 2.95 bits per heavy atom. The SMILES string of the molecule is CCn1ncnc1COc1ccc(C=CC(=O)O)nc1. The number of carboxylic acids is 1. The van der Waals surface area contributed by atoms with Crippen molar-refractivity contribution in [3.05, 3.63) is 42.3 Å². The molecule has 0 saturated carbocycles. The van der Waals surface area contributed by atoms with Crippen molar-refractivity contribution in [2.24, 2.45) is 0 Å². The molecule has 0 spiro atoms. The molecular formula is C13H14N4O3. The molecule has 0 radical (unpaired) electrons. The maximum atomic E-state index is 10.4. The van der Waals surface area contributed by atoms with Crippen LogP contribution in [0.25, 0.3) is 6.08 Å². The van der Waals surface area contributed by atoms with Gasteiger partial charge in [-0.05, 0) is 25.1 Å². The lowest BCUT2D eigenvalue weighted by atomic mass is 10.3. The highest BCUT2D eigenvalue weighted by Crippen LogP contribution is 2.11. The van der Waals surface area contributed by atoms with Crippen LogP contribution in [0.3, 0.4) is 0 Å². The summed E-state index contributed by atoms with van der Waals surface area (Å²) in [6.45, 7) is 3.01. The average molecular weight is 274 g/mol. The molecule has 104 valence electrons. The van der Waals surface area contributed by atoms with E-state index in [0.29, 0.717) is 18.1 Å². The van der Waals surface area contributed by atoms with Crippen LogP contribution in [0.15, 0.2) is 30.7 Å². The topological polar surface area (TPSA) is 90.1 Å². The van der Waals surface area contributed by atoms with Gasteiger partial charge < -0.3 is 9.84 Å². The number of carbonyl (C=O) groups is 1. The molecule has 20 heavy (non-hydrogen) atoms. The number of hydrogen-bond donors (Lipinski definition) is 1. The zero-order valence-electron chi connectivity index (χ0n) is 10.9. The summed E-state index contributed by atoms with van der Waals surface area (Å²) < 4.78 is 7.29. The zero-order chi connectivity index (χ0) is 14.4. The van der Waals surface area contributed by atoms with Crippen LogP contribution in [0, 0.1) is 0 Å². The summed E-state index contributed by atoms with van der Waals surface area (Å²) >= 11 is 0. The van der Waals surface area contributed by atoms with Gasteiger partial charge in [-0.15, -0.1) is 0 Å². The quantitative estimate of drug-likeness (QED) is 0.800. The molecule has 0 saturated heterocycles. The van der Waals surface area contributed by atoms with Crippen molar-refractivity contribution >= 4 is 12.0 Å². The number of aryl methyl sites for hydroxylation is 1. The second-order valence-corrected chi connectivity index (χ2v) is 3.87. The smallest absolute Gasteiger partial charge is 0.328 e. The van der Waals surface area contributed by atoms with E-state index in [9.17, 15) is 4.79 Å². The Balaban J connectivity index is 1.95. The molecule has 0 aliphatic rings. The summed E-state index contributed by atoms with van der Waals surface area (Å²) in [5.74, 6) is 0.316. The second-order valence-electron chi connectivity index (χ2n) is 3.87. The molecule has 1 N–H and O–H groups in total. The van der Waals surface area contributed by atoms with E-state index in [2.05, 4.69) is 15.1 Å². The van der Waals surface area contributed by atoms with E-state index in [4.69, 9.17) is 9.84 Å². The van der Waals surface area contributed by atoms with Crippen LogP contribution in [-0.4, -0.2) is 30.8 Å². The summed E-state index contributed by atoms with van der Waals surface area (Å²) in [6, 6.07) is 3.40. The third-order valence-corrected chi connectivity index (χ3v) is 2.52. The van der Waals surface area contributed by atoms with Gasteiger partial charge in [0, 0.05) is 12.6 Å². The highest BCUT2D eigenvalue weighted by molar-refractivity contribution is 5.84. The van der Waals surface area contributed by atoms with Gasteiger partial charge in [0.05, 0.1) is 11.9 Å². The number of aromatic nitrogens is 4. The first-order chi connectivity index (χ1) is 9.69. The van der Waals surface area contributed by atoms with Crippen LogP contribution < -0.4 is 4.74 Å². The summed E-state index contributed by atoms with van der Waals surface area (Å²) in [5, 5.41) is 12.6. The van der Waals surface area contributed by atoms with Crippen molar-refractivity contribution in [1.29, 1.82) is 0 Å². The van der Waals surface area contributed by atoms with Crippen LogP contribution in [0.1, 0.15) is 18.4 Å². The second kappa shape index (κ2) is 6.46. The van der Waals surface area contributed by atoms with Gasteiger partial charge in [-0.25, -0.2) is 14.5 Å². The van der Waals surface area contributed by atoms with Gasteiger partial charge in [0.2, 0.25) is 0 Å². The summed E-state index contributed by atoms with van der Waals surface area (Å²) in [4.78, 5) is 18.6. The minimum atomic E-state index is -1.01. The fourth-order valence-electron chi connectivity index (χ4n) is 1.54. The molecule has 0 atom stereocenters. The maximum Gasteiger partial charge on any atom is 0.328 e. The number of carboxylic acid groups (broad SMARTS) is 1. The van der Waals surface area contributed by atoms with E-state index < -0.39 is 5.97 Å². The molecule has 7 heteroatoms. The number of rotatable bonds is 6. The van der Waals surface area contributed by atoms with Crippen molar-refractivity contribution in [2.45, 2.75) is 20.1 Å². The minimum Gasteiger partial charge on any atom is -0.484 e. The first-order valence-corrected chi connectivity index (χ1v) is 6.05. The Bertz CT molecular complexity index is 604. The van der Waals surface area contributed by atoms with E-state index in [1.807, 2.05) is 6.92 Å². The molecule has 2 aromatic heterocycles.